The van der Waals surface area contributed by atoms with E-state index in [0.717, 1.165) is 13.8 Å². The number of ether oxygens (including phenoxy) is 7. The average molecular weight is 937 g/mol. The molecular weight excluding hydrogens is 892 g/mol. The van der Waals surface area contributed by atoms with E-state index in [1.54, 1.807) is 0 Å². The van der Waals surface area contributed by atoms with Crippen LogP contribution in [0.25, 0.3) is 0 Å². The maximum absolute atomic E-state index is 12.6. The number of carboxylic acids is 2. The number of hydrogen-bond donors (Lipinski definition) is 14. The Hall–Kier alpha value is -2.98. The zero-order valence-electron chi connectivity index (χ0n) is 31.1. The van der Waals surface area contributed by atoms with E-state index in [2.05, 4.69) is 19.0 Å². The van der Waals surface area contributed by atoms with Crippen molar-refractivity contribution in [2.45, 2.75) is 137 Å². The number of carbonyl (C=O) groups excluding carboxylic acids is 2. The average Bonchev–Trinajstić information content (AvgIpc) is 3.13. The Morgan fingerprint density at radius 1 is 0.525 bits per heavy atom. The smallest absolute Gasteiger partial charge is 0.397 e. The van der Waals surface area contributed by atoms with Crippen LogP contribution in [0, 0.1) is 0 Å². The highest BCUT2D eigenvalue weighted by molar-refractivity contribution is 7.81. The standard InChI is InChI=1S/C28H44N2O29S2/c1-5(33)29-9-18(16(58-60(45,46)47)7(3-31)51-25(9)44)53-28-15(39)13(37)20(22(57-28)24(42)43)55-26-10(30-6(2)34)19(17(8(4-32)52-26)59-61(48,49)50)54-27-14(38)11(35)12(36)21(56-27)23(40)41/h7-22,25-28,31-32,35-39,44H,3-4H2,1-2H3,(H,29,33)(H,30,34)(H,40,41)(H,42,43)(H,45,46,47)(H,48,49,50)/t7-,8-,9-,10-,11+,12+,13-,14-,15-,16+,17+,18-,19-,20+,21-,22+,25?,26+,27+,28-/m1/s1. The number of aliphatic hydroxyl groups is 8. The van der Waals surface area contributed by atoms with Crippen molar-refractivity contribution in [3.05, 3.63) is 0 Å². The normalized spacial score (nSPS) is 42.3. The highest BCUT2D eigenvalue weighted by Crippen LogP contribution is 2.36. The van der Waals surface area contributed by atoms with Gasteiger partial charge in [0.25, 0.3) is 0 Å². The van der Waals surface area contributed by atoms with E-state index in [1.807, 2.05) is 0 Å². The second-order valence-corrected chi connectivity index (χ2v) is 15.8. The third-order valence-corrected chi connectivity index (χ3v) is 10.3. The minimum Gasteiger partial charge on any atom is -0.479 e. The van der Waals surface area contributed by atoms with Crippen molar-refractivity contribution in [1.29, 1.82) is 0 Å². The fourth-order valence-electron chi connectivity index (χ4n) is 6.78. The van der Waals surface area contributed by atoms with Crippen LogP contribution in [0.5, 0.6) is 0 Å². The lowest BCUT2D eigenvalue weighted by Gasteiger charge is -2.50. The van der Waals surface area contributed by atoms with Crippen molar-refractivity contribution in [1.82, 2.24) is 10.6 Å². The molecule has 33 heteroatoms. The van der Waals surface area contributed by atoms with Gasteiger partial charge >= 0.3 is 32.7 Å². The first-order chi connectivity index (χ1) is 28.2. The lowest BCUT2D eigenvalue weighted by molar-refractivity contribution is -0.367. The number of carboxylic acid groups (broad SMARTS) is 2. The van der Waals surface area contributed by atoms with Crippen molar-refractivity contribution in [3.63, 3.8) is 0 Å². The Balaban J connectivity index is 1.73. The molecule has 14 N–H and O–H groups in total. The van der Waals surface area contributed by atoms with Gasteiger partial charge in [-0.15, -0.1) is 0 Å². The monoisotopic (exact) mass is 936 g/mol. The molecule has 2 amide bonds. The summed E-state index contributed by atoms with van der Waals surface area (Å²) in [7, 11) is -11.1. The Bertz CT molecular complexity index is 1790. The lowest BCUT2D eigenvalue weighted by atomic mass is 9.94. The highest BCUT2D eigenvalue weighted by Gasteiger charge is 2.59. The van der Waals surface area contributed by atoms with Crippen LogP contribution in [0.1, 0.15) is 13.8 Å². The van der Waals surface area contributed by atoms with E-state index in [0.29, 0.717) is 0 Å². The predicted molar refractivity (Wildman–Crippen MR) is 179 cm³/mol. The van der Waals surface area contributed by atoms with Crippen LogP contribution in [-0.2, 0) is 81.5 Å². The first kappa shape index (κ1) is 50.7. The van der Waals surface area contributed by atoms with Crippen molar-refractivity contribution in [2.75, 3.05) is 13.2 Å². The molecule has 0 aromatic carbocycles. The molecule has 4 rings (SSSR count). The quantitative estimate of drug-likeness (QED) is 0.0639. The molecule has 4 aliphatic heterocycles. The molecule has 4 aliphatic rings. The van der Waals surface area contributed by atoms with Gasteiger partial charge in [-0.25, -0.2) is 18.0 Å². The van der Waals surface area contributed by atoms with Gasteiger partial charge in [-0.3, -0.25) is 18.7 Å². The van der Waals surface area contributed by atoms with Gasteiger partial charge in [0.1, 0.15) is 85.3 Å². The molecule has 20 atom stereocenters. The number of hydrogen-bond acceptors (Lipinski definition) is 25. The van der Waals surface area contributed by atoms with E-state index in [-0.39, 0.29) is 0 Å². The molecule has 1 unspecified atom stereocenters. The number of amides is 2. The number of carbonyl (C=O) groups is 4. The number of nitrogens with one attached hydrogen (secondary N) is 2. The van der Waals surface area contributed by atoms with Crippen LogP contribution >= 0.6 is 0 Å². The molecule has 31 nitrogen and oxygen atoms in total. The molecule has 0 spiro atoms. The number of aliphatic hydroxyl groups excluding tert-OH is 8. The van der Waals surface area contributed by atoms with Crippen LogP contribution in [0.3, 0.4) is 0 Å². The third kappa shape index (κ3) is 12.2. The van der Waals surface area contributed by atoms with E-state index >= 15 is 0 Å². The summed E-state index contributed by atoms with van der Waals surface area (Å²) in [6.07, 6.45) is -41.8. The predicted octanol–water partition coefficient (Wildman–Crippen LogP) is -9.62. The summed E-state index contributed by atoms with van der Waals surface area (Å²) in [5, 5.41) is 108. The van der Waals surface area contributed by atoms with E-state index in [4.69, 9.17) is 33.2 Å². The minimum atomic E-state index is -5.60. The van der Waals surface area contributed by atoms with Crippen LogP contribution in [0.2, 0.25) is 0 Å². The molecular formula is C28H44N2O29S2. The third-order valence-electron chi connectivity index (χ3n) is 9.35. The van der Waals surface area contributed by atoms with Crippen molar-refractivity contribution < 1.29 is 138 Å². The van der Waals surface area contributed by atoms with Crippen molar-refractivity contribution >= 4 is 44.6 Å². The molecule has 61 heavy (non-hydrogen) atoms. The van der Waals surface area contributed by atoms with Crippen LogP contribution < -0.4 is 10.6 Å². The summed E-state index contributed by atoms with van der Waals surface area (Å²) in [5.74, 6) is -5.99. The molecule has 0 radical (unpaired) electrons. The SMILES string of the molecule is CC(=O)N[C@H]1[C@H](O[C@H]2[C@H](O)[C@@H](O)[C@H](O[C@H]3[C@@H](OS(=O)(=O)O)[C@@H](CO)OC(O)[C@@H]3NC(C)=O)O[C@@H]2C(=O)O)O[C@H](CO)[C@H](OS(=O)(=O)O)[C@@H]1O[C@H]1O[C@@H](C(=O)O)[C@@H](O)[C@H](O)[C@H]1O. The Morgan fingerprint density at radius 2 is 0.934 bits per heavy atom. The molecule has 0 aliphatic carbocycles. The van der Waals surface area contributed by atoms with Gasteiger partial charge < -0.3 is 94.9 Å². The lowest BCUT2D eigenvalue weighted by Crippen LogP contribution is -2.71. The fraction of sp³-hybridized carbons (Fsp3) is 0.857. The Labute approximate surface area is 342 Å². The van der Waals surface area contributed by atoms with Crippen LogP contribution in [-0.4, -0.2) is 237 Å². The summed E-state index contributed by atoms with van der Waals surface area (Å²) in [6.45, 7) is -0.754. The molecule has 0 saturated carbocycles. The van der Waals surface area contributed by atoms with Gasteiger partial charge in [-0.1, -0.05) is 0 Å². The molecule has 4 fully saturated rings. The topological polar surface area (TPSA) is 486 Å². The minimum absolute atomic E-state index is 0.823. The largest absolute Gasteiger partial charge is 0.479 e. The Morgan fingerprint density at radius 3 is 1.38 bits per heavy atom. The zero-order chi connectivity index (χ0) is 46.0. The van der Waals surface area contributed by atoms with Gasteiger partial charge in [0.05, 0.1) is 13.2 Å². The Kier molecular flexibility index (Phi) is 16.8. The van der Waals surface area contributed by atoms with Gasteiger partial charge in [0.15, 0.2) is 37.4 Å². The molecule has 4 saturated heterocycles. The second kappa shape index (κ2) is 20.2. The van der Waals surface area contributed by atoms with Gasteiger partial charge in [0, 0.05) is 13.8 Å². The number of aliphatic carboxylic acids is 2. The molecule has 0 bridgehead atoms. The summed E-state index contributed by atoms with van der Waals surface area (Å²) in [5.41, 5.74) is 0. The maximum atomic E-state index is 12.6. The first-order valence-electron chi connectivity index (χ1n) is 17.4. The fourth-order valence-corrected chi connectivity index (χ4v) is 7.80. The van der Waals surface area contributed by atoms with Crippen molar-refractivity contribution in [3.8, 4) is 0 Å². The summed E-state index contributed by atoms with van der Waals surface area (Å²) in [4.78, 5) is 48.9. The van der Waals surface area contributed by atoms with Crippen LogP contribution in [0.4, 0.5) is 0 Å². The molecule has 0 aromatic heterocycles. The van der Waals surface area contributed by atoms with Gasteiger partial charge in [-0.05, 0) is 0 Å². The van der Waals surface area contributed by atoms with Gasteiger partial charge in [0.2, 0.25) is 11.8 Å². The first-order valence-corrected chi connectivity index (χ1v) is 20.1. The van der Waals surface area contributed by atoms with Gasteiger partial charge in [-0.2, -0.15) is 16.8 Å². The van der Waals surface area contributed by atoms with Crippen LogP contribution in [0.15, 0.2) is 0 Å². The highest BCUT2D eigenvalue weighted by atomic mass is 32.3. The maximum Gasteiger partial charge on any atom is 0.397 e. The molecule has 4 heterocycles. The summed E-state index contributed by atoms with van der Waals surface area (Å²) < 4.78 is 113. The van der Waals surface area contributed by atoms with E-state index < -0.39 is 180 Å². The van der Waals surface area contributed by atoms with Crippen molar-refractivity contribution in [2.24, 2.45) is 0 Å². The molecule has 0 aromatic rings. The molecule has 352 valence electrons. The summed E-state index contributed by atoms with van der Waals surface area (Å²) in [6, 6.07) is -4.04. The summed E-state index contributed by atoms with van der Waals surface area (Å²) >= 11 is 0. The second-order valence-electron chi connectivity index (χ2n) is 13.7. The van der Waals surface area contributed by atoms with E-state index in [1.165, 1.54) is 0 Å². The van der Waals surface area contributed by atoms with E-state index in [9.17, 15) is 96.2 Å². The zero-order valence-corrected chi connectivity index (χ0v) is 32.7. The number of rotatable bonds is 16.